The SMILES string of the molecule is CC.CC.Cc1ccc2c(c1)C1(CCC1)CC(=O)N2. The van der Waals surface area contributed by atoms with Crippen molar-refractivity contribution in [3.05, 3.63) is 29.3 Å². The van der Waals surface area contributed by atoms with E-state index in [1.54, 1.807) is 0 Å². The minimum Gasteiger partial charge on any atom is -0.326 e. The number of carbonyl (C=O) groups excluding carboxylic acids is 1. The van der Waals surface area contributed by atoms with Gasteiger partial charge < -0.3 is 5.32 Å². The lowest BCUT2D eigenvalue weighted by Gasteiger charge is -2.45. The van der Waals surface area contributed by atoms with E-state index in [2.05, 4.69) is 24.4 Å². The first-order valence-electron chi connectivity index (χ1n) is 7.61. The third-order valence-electron chi connectivity index (χ3n) is 3.83. The lowest BCUT2D eigenvalue weighted by Crippen LogP contribution is -2.42. The fraction of sp³-hybridized carbons (Fsp3) is 0.588. The number of rotatable bonds is 0. The molecule has 19 heavy (non-hydrogen) atoms. The van der Waals surface area contributed by atoms with E-state index in [0.29, 0.717) is 6.42 Å². The molecule has 0 unspecified atom stereocenters. The molecule has 1 fully saturated rings. The maximum atomic E-state index is 11.6. The lowest BCUT2D eigenvalue weighted by molar-refractivity contribution is -0.118. The summed E-state index contributed by atoms with van der Waals surface area (Å²) in [5.41, 5.74) is 3.88. The summed E-state index contributed by atoms with van der Waals surface area (Å²) in [5.74, 6) is 0.186. The zero-order valence-electron chi connectivity index (χ0n) is 13.0. The van der Waals surface area contributed by atoms with E-state index in [0.717, 1.165) is 5.69 Å². The Hall–Kier alpha value is -1.31. The highest BCUT2D eigenvalue weighted by atomic mass is 16.1. The molecule has 106 valence electrons. The second-order valence-corrected chi connectivity index (χ2v) is 4.91. The summed E-state index contributed by atoms with van der Waals surface area (Å²) < 4.78 is 0. The van der Waals surface area contributed by atoms with Crippen molar-refractivity contribution in [2.75, 3.05) is 5.32 Å². The Kier molecular flexibility index (Phi) is 5.59. The van der Waals surface area contributed by atoms with Crippen molar-refractivity contribution in [3.63, 3.8) is 0 Å². The van der Waals surface area contributed by atoms with Crippen LogP contribution in [0.25, 0.3) is 0 Å². The second-order valence-electron chi connectivity index (χ2n) is 4.91. The van der Waals surface area contributed by atoms with Crippen molar-refractivity contribution in [1.29, 1.82) is 0 Å². The van der Waals surface area contributed by atoms with Crippen LogP contribution in [0, 0.1) is 6.92 Å². The summed E-state index contributed by atoms with van der Waals surface area (Å²) in [6.45, 7) is 10.1. The minimum absolute atomic E-state index is 0.184. The van der Waals surface area contributed by atoms with E-state index in [4.69, 9.17) is 0 Å². The number of hydrogen-bond acceptors (Lipinski definition) is 1. The first-order valence-corrected chi connectivity index (χ1v) is 7.61. The number of fused-ring (bicyclic) bond motifs is 2. The molecule has 1 aliphatic carbocycles. The number of carbonyl (C=O) groups is 1. The van der Waals surface area contributed by atoms with Crippen LogP contribution in [0.15, 0.2) is 18.2 Å². The molecular weight excluding hydrogens is 234 g/mol. The number of hydrogen-bond donors (Lipinski definition) is 1. The molecular formula is C17H27NO. The zero-order chi connectivity index (χ0) is 14.5. The molecule has 2 nitrogen and oxygen atoms in total. The zero-order valence-corrected chi connectivity index (χ0v) is 13.0. The van der Waals surface area contributed by atoms with Crippen LogP contribution in [0.5, 0.6) is 0 Å². The van der Waals surface area contributed by atoms with Gasteiger partial charge in [-0.3, -0.25) is 4.79 Å². The van der Waals surface area contributed by atoms with Crippen molar-refractivity contribution in [2.24, 2.45) is 0 Å². The van der Waals surface area contributed by atoms with Gasteiger partial charge in [0.05, 0.1) is 0 Å². The molecule has 1 saturated carbocycles. The van der Waals surface area contributed by atoms with Crippen molar-refractivity contribution in [2.45, 2.75) is 65.7 Å². The predicted molar refractivity (Wildman–Crippen MR) is 82.7 cm³/mol. The van der Waals surface area contributed by atoms with E-state index in [9.17, 15) is 4.79 Å². The van der Waals surface area contributed by atoms with E-state index in [-0.39, 0.29) is 11.3 Å². The van der Waals surface area contributed by atoms with Crippen molar-refractivity contribution in [1.82, 2.24) is 0 Å². The van der Waals surface area contributed by atoms with Crippen LogP contribution in [0.1, 0.15) is 64.5 Å². The Morgan fingerprint density at radius 1 is 1.11 bits per heavy atom. The van der Waals surface area contributed by atoms with Crippen LogP contribution in [0.2, 0.25) is 0 Å². The van der Waals surface area contributed by atoms with Crippen molar-refractivity contribution >= 4 is 11.6 Å². The largest absolute Gasteiger partial charge is 0.326 e. The van der Waals surface area contributed by atoms with Gasteiger partial charge in [0, 0.05) is 17.5 Å². The van der Waals surface area contributed by atoms with E-state index >= 15 is 0 Å². The van der Waals surface area contributed by atoms with E-state index in [1.807, 2.05) is 33.8 Å². The maximum Gasteiger partial charge on any atom is 0.225 e. The lowest BCUT2D eigenvalue weighted by atomic mass is 9.60. The number of nitrogens with one attached hydrogen (secondary N) is 1. The standard InChI is InChI=1S/C13H15NO.2C2H6/c1-9-3-4-11-10(7-9)13(5-2-6-13)8-12(15)14-11;2*1-2/h3-4,7H,2,5-6,8H2,1H3,(H,14,15);2*1-2H3. The Morgan fingerprint density at radius 3 is 2.26 bits per heavy atom. The Balaban J connectivity index is 0.000000415. The molecule has 1 aromatic rings. The van der Waals surface area contributed by atoms with Crippen LogP contribution in [-0.4, -0.2) is 5.91 Å². The maximum absolute atomic E-state index is 11.6. The van der Waals surface area contributed by atoms with Crippen LogP contribution in [-0.2, 0) is 10.2 Å². The summed E-state index contributed by atoms with van der Waals surface area (Å²) in [7, 11) is 0. The smallest absolute Gasteiger partial charge is 0.225 e. The molecule has 1 heterocycles. The van der Waals surface area contributed by atoms with Gasteiger partial charge in [-0.25, -0.2) is 0 Å². The first kappa shape index (κ1) is 15.7. The predicted octanol–water partition coefficient (Wildman–Crippen LogP) is 4.81. The van der Waals surface area contributed by atoms with Gasteiger partial charge in [0.1, 0.15) is 0 Å². The Labute approximate surface area is 117 Å². The molecule has 2 aliphatic rings. The van der Waals surface area contributed by atoms with Gasteiger partial charge >= 0.3 is 0 Å². The number of aryl methyl sites for hydroxylation is 1. The highest BCUT2D eigenvalue weighted by Gasteiger charge is 2.44. The van der Waals surface area contributed by atoms with E-state index in [1.165, 1.54) is 30.4 Å². The van der Waals surface area contributed by atoms with Gasteiger partial charge in [-0.1, -0.05) is 51.8 Å². The molecule has 0 atom stereocenters. The first-order chi connectivity index (χ1) is 9.20. The molecule has 0 saturated heterocycles. The molecule has 1 spiro atoms. The summed E-state index contributed by atoms with van der Waals surface area (Å²) in [5, 5.41) is 2.97. The summed E-state index contributed by atoms with van der Waals surface area (Å²) in [6.07, 6.45) is 4.30. The second kappa shape index (κ2) is 6.74. The summed E-state index contributed by atoms with van der Waals surface area (Å²) in [4.78, 5) is 11.6. The molecule has 1 N–H and O–H groups in total. The number of amides is 1. The fourth-order valence-corrected chi connectivity index (χ4v) is 2.85. The third-order valence-corrected chi connectivity index (χ3v) is 3.83. The molecule has 0 radical (unpaired) electrons. The van der Waals surface area contributed by atoms with Gasteiger partial charge in [0.2, 0.25) is 5.91 Å². The van der Waals surface area contributed by atoms with Crippen LogP contribution in [0.4, 0.5) is 5.69 Å². The average molecular weight is 261 g/mol. The van der Waals surface area contributed by atoms with Crippen LogP contribution in [0.3, 0.4) is 0 Å². The normalized spacial score (nSPS) is 17.8. The van der Waals surface area contributed by atoms with Crippen molar-refractivity contribution < 1.29 is 4.79 Å². The quantitative estimate of drug-likeness (QED) is 0.713. The van der Waals surface area contributed by atoms with E-state index < -0.39 is 0 Å². The van der Waals surface area contributed by atoms with Gasteiger partial charge in [0.25, 0.3) is 0 Å². The number of benzene rings is 1. The third kappa shape index (κ3) is 2.99. The molecule has 0 aromatic heterocycles. The van der Waals surface area contributed by atoms with Crippen LogP contribution >= 0.6 is 0 Å². The van der Waals surface area contributed by atoms with Gasteiger partial charge in [-0.2, -0.15) is 0 Å². The Bertz CT molecular complexity index is 433. The Morgan fingerprint density at radius 2 is 1.74 bits per heavy atom. The molecule has 1 aromatic carbocycles. The topological polar surface area (TPSA) is 29.1 Å². The average Bonchev–Trinajstić information content (AvgIpc) is 2.41. The van der Waals surface area contributed by atoms with Crippen molar-refractivity contribution in [3.8, 4) is 0 Å². The highest BCUT2D eigenvalue weighted by Crippen LogP contribution is 2.51. The molecule has 2 heteroatoms. The molecule has 1 amide bonds. The molecule has 0 bridgehead atoms. The summed E-state index contributed by atoms with van der Waals surface area (Å²) >= 11 is 0. The molecule has 1 aliphatic heterocycles. The summed E-state index contributed by atoms with van der Waals surface area (Å²) in [6, 6.07) is 6.35. The minimum atomic E-state index is 0.184. The van der Waals surface area contributed by atoms with Crippen LogP contribution < -0.4 is 5.32 Å². The number of anilines is 1. The van der Waals surface area contributed by atoms with Gasteiger partial charge in [0.15, 0.2) is 0 Å². The van der Waals surface area contributed by atoms with Gasteiger partial charge in [-0.05, 0) is 31.4 Å². The fourth-order valence-electron chi connectivity index (χ4n) is 2.85. The highest BCUT2D eigenvalue weighted by molar-refractivity contribution is 5.95. The monoisotopic (exact) mass is 261 g/mol. The van der Waals surface area contributed by atoms with Gasteiger partial charge in [-0.15, -0.1) is 0 Å². The molecule has 3 rings (SSSR count).